The van der Waals surface area contributed by atoms with E-state index in [-0.39, 0.29) is 11.3 Å². The second kappa shape index (κ2) is 7.58. The fourth-order valence-electron chi connectivity index (χ4n) is 2.07. The van der Waals surface area contributed by atoms with Crippen molar-refractivity contribution in [3.63, 3.8) is 0 Å². The van der Waals surface area contributed by atoms with Gasteiger partial charge < -0.3 is 4.74 Å². The molecular weight excluding hydrogens is 368 g/mol. The highest BCUT2D eigenvalue weighted by atomic mass is 35.5. The molecular formula is C15H13ClF4N2OS. The van der Waals surface area contributed by atoms with Crippen molar-refractivity contribution < 1.29 is 22.3 Å². The number of methoxy groups -OCH3 is 1. The Kier molecular flexibility index (Phi) is 5.95. The molecule has 1 atom stereocenters. The molecule has 0 aliphatic carbocycles. The van der Waals surface area contributed by atoms with Gasteiger partial charge in [-0.1, -0.05) is 23.7 Å². The molecule has 24 heavy (non-hydrogen) atoms. The third kappa shape index (κ3) is 4.52. The zero-order valence-electron chi connectivity index (χ0n) is 12.6. The van der Waals surface area contributed by atoms with E-state index in [1.807, 2.05) is 0 Å². The molecule has 1 unspecified atom stereocenters. The van der Waals surface area contributed by atoms with Gasteiger partial charge in [0.15, 0.2) is 5.75 Å². The van der Waals surface area contributed by atoms with E-state index in [9.17, 15) is 17.6 Å². The molecule has 0 aliphatic rings. The van der Waals surface area contributed by atoms with Crippen LogP contribution in [0.5, 0.6) is 5.75 Å². The lowest BCUT2D eigenvalue weighted by Crippen LogP contribution is -2.31. The monoisotopic (exact) mass is 380 g/mol. The molecule has 0 aliphatic heterocycles. The molecule has 2 rings (SSSR count). The molecule has 1 aromatic carbocycles. The average molecular weight is 381 g/mol. The summed E-state index contributed by atoms with van der Waals surface area (Å²) in [4.78, 5) is 3.79. The Balaban J connectivity index is 2.28. The van der Waals surface area contributed by atoms with Gasteiger partial charge in [0.05, 0.1) is 7.11 Å². The second-order valence-electron chi connectivity index (χ2n) is 4.80. The van der Waals surface area contributed by atoms with Gasteiger partial charge in [0.2, 0.25) is 0 Å². The Morgan fingerprint density at radius 3 is 2.42 bits per heavy atom. The molecule has 9 heteroatoms. The summed E-state index contributed by atoms with van der Waals surface area (Å²) in [6, 6.07) is 4.87. The maximum atomic E-state index is 13.5. The maximum absolute atomic E-state index is 13.5. The van der Waals surface area contributed by atoms with E-state index in [0.29, 0.717) is 9.92 Å². The van der Waals surface area contributed by atoms with Crippen molar-refractivity contribution in [3.05, 3.63) is 53.1 Å². The number of hydrogen-bond donors (Lipinski definition) is 0. The Hall–Kier alpha value is -1.51. The summed E-state index contributed by atoms with van der Waals surface area (Å²) in [6.07, 6.45) is -3.36. The summed E-state index contributed by atoms with van der Waals surface area (Å²) in [5.41, 5.74) is 0.0453. The van der Waals surface area contributed by atoms with Crippen molar-refractivity contribution in [2.75, 3.05) is 14.2 Å². The molecule has 3 nitrogen and oxygen atoms in total. The summed E-state index contributed by atoms with van der Waals surface area (Å²) >= 11 is 6.52. The van der Waals surface area contributed by atoms with Crippen LogP contribution < -0.4 is 4.74 Å². The molecule has 1 aromatic heterocycles. The number of nitrogens with zero attached hydrogens (tertiary/aromatic N) is 2. The molecule has 2 aromatic rings. The third-order valence-corrected chi connectivity index (χ3v) is 4.30. The van der Waals surface area contributed by atoms with Gasteiger partial charge in [0.1, 0.15) is 6.04 Å². The SMILES string of the molecule is COc1cc(SN(C)C(c2ccc(Cl)cc2)C(F)(F)F)cnc1F. The quantitative estimate of drug-likeness (QED) is 0.408. The highest BCUT2D eigenvalue weighted by molar-refractivity contribution is 7.97. The molecule has 1 heterocycles. The van der Waals surface area contributed by atoms with Crippen LogP contribution in [-0.2, 0) is 0 Å². The van der Waals surface area contributed by atoms with Gasteiger partial charge in [0.25, 0.3) is 5.95 Å². The van der Waals surface area contributed by atoms with Gasteiger partial charge in [-0.05, 0) is 36.7 Å². The minimum absolute atomic E-state index is 0.0453. The lowest BCUT2D eigenvalue weighted by atomic mass is 10.1. The van der Waals surface area contributed by atoms with Gasteiger partial charge >= 0.3 is 6.18 Å². The van der Waals surface area contributed by atoms with E-state index in [1.165, 1.54) is 44.5 Å². The summed E-state index contributed by atoms with van der Waals surface area (Å²) in [6.45, 7) is 0. The molecule has 130 valence electrons. The molecule has 0 saturated heterocycles. The summed E-state index contributed by atoms with van der Waals surface area (Å²) < 4.78 is 59.6. The van der Waals surface area contributed by atoms with E-state index in [1.54, 1.807) is 0 Å². The van der Waals surface area contributed by atoms with Crippen LogP contribution in [0.2, 0.25) is 5.02 Å². The van der Waals surface area contributed by atoms with Gasteiger partial charge in [-0.25, -0.2) is 9.29 Å². The van der Waals surface area contributed by atoms with Crippen molar-refractivity contribution in [1.29, 1.82) is 0 Å². The van der Waals surface area contributed by atoms with Crippen molar-refractivity contribution in [3.8, 4) is 5.75 Å². The maximum Gasteiger partial charge on any atom is 0.408 e. The first-order valence-electron chi connectivity index (χ1n) is 6.65. The number of aromatic nitrogens is 1. The fourth-order valence-corrected chi connectivity index (χ4v) is 3.14. The lowest BCUT2D eigenvalue weighted by Gasteiger charge is -2.29. The normalized spacial score (nSPS) is 13.2. The Morgan fingerprint density at radius 2 is 1.88 bits per heavy atom. The van der Waals surface area contributed by atoms with Gasteiger partial charge in [0, 0.05) is 22.2 Å². The van der Waals surface area contributed by atoms with Crippen LogP contribution >= 0.6 is 23.5 Å². The van der Waals surface area contributed by atoms with Crippen LogP contribution in [0.3, 0.4) is 0 Å². The minimum Gasteiger partial charge on any atom is -0.492 e. The van der Waals surface area contributed by atoms with Crippen molar-refractivity contribution >= 4 is 23.5 Å². The molecule has 0 spiro atoms. The first kappa shape index (κ1) is 18.8. The highest BCUT2D eigenvalue weighted by Crippen LogP contribution is 2.42. The number of hydrogen-bond acceptors (Lipinski definition) is 4. The number of pyridine rings is 1. The van der Waals surface area contributed by atoms with Gasteiger partial charge in [-0.15, -0.1) is 0 Å². The van der Waals surface area contributed by atoms with E-state index >= 15 is 0 Å². The molecule has 0 N–H and O–H groups in total. The van der Waals surface area contributed by atoms with Crippen molar-refractivity contribution in [1.82, 2.24) is 9.29 Å². The molecule has 0 radical (unpaired) electrons. The highest BCUT2D eigenvalue weighted by Gasteiger charge is 2.44. The fraction of sp³-hybridized carbons (Fsp3) is 0.267. The zero-order valence-corrected chi connectivity index (χ0v) is 14.2. The van der Waals surface area contributed by atoms with E-state index in [0.717, 1.165) is 22.4 Å². The first-order valence-corrected chi connectivity index (χ1v) is 7.80. The predicted molar refractivity (Wildman–Crippen MR) is 84.6 cm³/mol. The van der Waals surface area contributed by atoms with Crippen LogP contribution in [0.4, 0.5) is 17.6 Å². The number of alkyl halides is 3. The average Bonchev–Trinajstić information content (AvgIpc) is 2.50. The van der Waals surface area contributed by atoms with Crippen molar-refractivity contribution in [2.24, 2.45) is 0 Å². The summed E-state index contributed by atoms with van der Waals surface area (Å²) in [7, 11) is 2.55. The number of ether oxygens (including phenoxy) is 1. The Bertz CT molecular complexity index is 697. The van der Waals surface area contributed by atoms with Crippen LogP contribution in [0.25, 0.3) is 0 Å². The molecule has 0 amide bonds. The molecule has 0 bridgehead atoms. The molecule has 0 saturated carbocycles. The molecule has 0 fully saturated rings. The van der Waals surface area contributed by atoms with Crippen molar-refractivity contribution in [2.45, 2.75) is 17.1 Å². The van der Waals surface area contributed by atoms with Crippen LogP contribution in [0, 0.1) is 5.95 Å². The van der Waals surface area contributed by atoms with Crippen LogP contribution in [0.15, 0.2) is 41.4 Å². The summed E-state index contributed by atoms with van der Waals surface area (Å²) in [5, 5.41) is 0.349. The standard InChI is InChI=1S/C15H13ClF4N2OS/c1-22(24-11-7-12(23-2)14(17)21-8-11)13(15(18,19)20)9-3-5-10(16)6-4-9/h3-8,13H,1-2H3. The van der Waals surface area contributed by atoms with E-state index < -0.39 is 18.2 Å². The first-order chi connectivity index (χ1) is 11.2. The number of rotatable bonds is 5. The lowest BCUT2D eigenvalue weighted by molar-refractivity contribution is -0.169. The van der Waals surface area contributed by atoms with Gasteiger partial charge in [-0.2, -0.15) is 17.6 Å². The van der Waals surface area contributed by atoms with Crippen LogP contribution in [-0.4, -0.2) is 29.6 Å². The second-order valence-corrected chi connectivity index (χ2v) is 6.46. The van der Waals surface area contributed by atoms with E-state index in [2.05, 4.69) is 4.98 Å². The smallest absolute Gasteiger partial charge is 0.408 e. The predicted octanol–water partition coefficient (Wildman–Crippen LogP) is 5.13. The van der Waals surface area contributed by atoms with E-state index in [4.69, 9.17) is 16.3 Å². The zero-order chi connectivity index (χ0) is 17.9. The topological polar surface area (TPSA) is 25.4 Å². The van der Waals surface area contributed by atoms with Gasteiger partial charge in [-0.3, -0.25) is 0 Å². The Morgan fingerprint density at radius 1 is 1.25 bits per heavy atom. The Labute approximate surface area is 145 Å². The van der Waals surface area contributed by atoms with Crippen LogP contribution in [0.1, 0.15) is 11.6 Å². The number of benzene rings is 1. The summed E-state index contributed by atoms with van der Waals surface area (Å²) in [5.74, 6) is -0.960. The number of halogens is 5. The third-order valence-electron chi connectivity index (χ3n) is 3.11. The minimum atomic E-state index is -4.51. The largest absolute Gasteiger partial charge is 0.492 e.